The van der Waals surface area contributed by atoms with Crippen molar-refractivity contribution in [1.82, 2.24) is 5.32 Å². The molecule has 0 heterocycles. The van der Waals surface area contributed by atoms with Gasteiger partial charge in [-0.25, -0.2) is 0 Å². The zero-order chi connectivity index (χ0) is 17.5. The summed E-state index contributed by atoms with van der Waals surface area (Å²) in [5, 5.41) is 6.91. The van der Waals surface area contributed by atoms with Gasteiger partial charge >= 0.3 is 0 Å². The maximum atomic E-state index is 5.40. The molecule has 0 fully saturated rings. The molecule has 0 bridgehead atoms. The first-order chi connectivity index (χ1) is 11.6. The standard InChI is InChI=1S/C18H22N2O3S/c1-12(13-6-5-7-14(10-13)21-2)19-18(24)20-16-9-8-15(22-3)11-17(16)23-4/h5-12H,1-4H3,(H2,19,20,24). The van der Waals surface area contributed by atoms with Crippen LogP contribution in [0, 0.1) is 0 Å². The Labute approximate surface area is 147 Å². The van der Waals surface area contributed by atoms with Crippen LogP contribution in [0.3, 0.4) is 0 Å². The van der Waals surface area contributed by atoms with Gasteiger partial charge in [-0.15, -0.1) is 0 Å². The van der Waals surface area contributed by atoms with E-state index >= 15 is 0 Å². The van der Waals surface area contributed by atoms with E-state index in [2.05, 4.69) is 10.6 Å². The van der Waals surface area contributed by atoms with Gasteiger partial charge in [0.2, 0.25) is 0 Å². The predicted octanol–water partition coefficient (Wildman–Crippen LogP) is 3.76. The molecule has 0 saturated carbocycles. The molecule has 1 atom stereocenters. The lowest BCUT2D eigenvalue weighted by molar-refractivity contribution is 0.395. The molecule has 24 heavy (non-hydrogen) atoms. The number of benzene rings is 2. The molecule has 0 aliphatic rings. The smallest absolute Gasteiger partial charge is 0.171 e. The second kappa shape index (κ2) is 8.40. The number of thiocarbonyl (C=S) groups is 1. The lowest BCUT2D eigenvalue weighted by Crippen LogP contribution is -2.31. The average molecular weight is 346 g/mol. The Morgan fingerprint density at radius 3 is 2.33 bits per heavy atom. The van der Waals surface area contributed by atoms with E-state index in [9.17, 15) is 0 Å². The minimum atomic E-state index is 0.0318. The maximum absolute atomic E-state index is 5.40. The quantitative estimate of drug-likeness (QED) is 0.777. The fourth-order valence-corrected chi connectivity index (χ4v) is 2.54. The molecule has 0 amide bonds. The summed E-state index contributed by atoms with van der Waals surface area (Å²) in [4.78, 5) is 0. The van der Waals surface area contributed by atoms with E-state index in [1.54, 1.807) is 27.4 Å². The van der Waals surface area contributed by atoms with E-state index in [1.807, 2.05) is 43.3 Å². The summed E-state index contributed by atoms with van der Waals surface area (Å²) >= 11 is 5.40. The summed E-state index contributed by atoms with van der Waals surface area (Å²) in [6, 6.07) is 13.4. The summed E-state index contributed by atoms with van der Waals surface area (Å²) < 4.78 is 15.8. The Hall–Kier alpha value is -2.47. The molecule has 2 aromatic rings. The Bertz CT molecular complexity index is 706. The molecule has 0 aliphatic carbocycles. The van der Waals surface area contributed by atoms with E-state index in [0.29, 0.717) is 10.9 Å². The molecular formula is C18H22N2O3S. The molecule has 0 aliphatic heterocycles. The molecule has 2 N–H and O–H groups in total. The molecule has 1 unspecified atom stereocenters. The van der Waals surface area contributed by atoms with E-state index < -0.39 is 0 Å². The molecule has 0 spiro atoms. The first-order valence-electron chi connectivity index (χ1n) is 7.51. The fraction of sp³-hybridized carbons (Fsp3) is 0.278. The summed E-state index contributed by atoms with van der Waals surface area (Å²) in [6.07, 6.45) is 0. The van der Waals surface area contributed by atoms with Crippen molar-refractivity contribution in [1.29, 1.82) is 0 Å². The van der Waals surface area contributed by atoms with Crippen LogP contribution in [0.15, 0.2) is 42.5 Å². The lowest BCUT2D eigenvalue weighted by Gasteiger charge is -2.19. The largest absolute Gasteiger partial charge is 0.497 e. The summed E-state index contributed by atoms with van der Waals surface area (Å²) in [7, 11) is 4.87. The third kappa shape index (κ3) is 4.52. The van der Waals surface area contributed by atoms with E-state index in [1.165, 1.54) is 0 Å². The van der Waals surface area contributed by atoms with Crippen LogP contribution < -0.4 is 24.8 Å². The average Bonchev–Trinajstić information content (AvgIpc) is 2.61. The van der Waals surface area contributed by atoms with E-state index in [0.717, 1.165) is 22.7 Å². The number of anilines is 1. The molecule has 2 rings (SSSR count). The SMILES string of the molecule is COc1cccc(C(C)NC(=S)Nc2ccc(OC)cc2OC)c1. The van der Waals surface area contributed by atoms with Gasteiger partial charge in [-0.3, -0.25) is 0 Å². The zero-order valence-electron chi connectivity index (χ0n) is 14.3. The third-order valence-corrected chi connectivity index (χ3v) is 3.82. The van der Waals surface area contributed by atoms with Gasteiger partial charge in [-0.1, -0.05) is 12.1 Å². The monoisotopic (exact) mass is 346 g/mol. The highest BCUT2D eigenvalue weighted by molar-refractivity contribution is 7.80. The Balaban J connectivity index is 2.04. The molecule has 0 saturated heterocycles. The van der Waals surface area contributed by atoms with Crippen molar-refractivity contribution in [3.05, 3.63) is 48.0 Å². The minimum absolute atomic E-state index is 0.0318. The first kappa shape index (κ1) is 17.9. The third-order valence-electron chi connectivity index (χ3n) is 3.60. The van der Waals surface area contributed by atoms with Crippen molar-refractivity contribution in [2.45, 2.75) is 13.0 Å². The number of nitrogens with one attached hydrogen (secondary N) is 2. The molecule has 0 radical (unpaired) electrons. The molecular weight excluding hydrogens is 324 g/mol. The van der Waals surface area contributed by atoms with Crippen LogP contribution in [0.2, 0.25) is 0 Å². The van der Waals surface area contributed by atoms with Gasteiger partial charge in [-0.2, -0.15) is 0 Å². The molecule has 0 aromatic heterocycles. The molecule has 6 heteroatoms. The molecule has 5 nitrogen and oxygen atoms in total. The van der Waals surface area contributed by atoms with Gasteiger partial charge in [0.15, 0.2) is 5.11 Å². The van der Waals surface area contributed by atoms with Crippen molar-refractivity contribution in [2.24, 2.45) is 0 Å². The van der Waals surface area contributed by atoms with Crippen LogP contribution >= 0.6 is 12.2 Å². The lowest BCUT2D eigenvalue weighted by atomic mass is 10.1. The van der Waals surface area contributed by atoms with Crippen molar-refractivity contribution in [3.8, 4) is 17.2 Å². The van der Waals surface area contributed by atoms with Crippen molar-refractivity contribution >= 4 is 23.0 Å². The highest BCUT2D eigenvalue weighted by Gasteiger charge is 2.10. The van der Waals surface area contributed by atoms with Gasteiger partial charge in [-0.05, 0) is 49.0 Å². The Morgan fingerprint density at radius 2 is 1.67 bits per heavy atom. The summed E-state index contributed by atoms with van der Waals surface area (Å²) in [5.74, 6) is 2.20. The minimum Gasteiger partial charge on any atom is -0.497 e. The van der Waals surface area contributed by atoms with Gasteiger partial charge < -0.3 is 24.8 Å². The van der Waals surface area contributed by atoms with Crippen LogP contribution in [0.1, 0.15) is 18.5 Å². The van der Waals surface area contributed by atoms with Crippen LogP contribution in [0.4, 0.5) is 5.69 Å². The van der Waals surface area contributed by atoms with Crippen molar-refractivity contribution in [3.63, 3.8) is 0 Å². The summed E-state index contributed by atoms with van der Waals surface area (Å²) in [5.41, 5.74) is 1.86. The van der Waals surface area contributed by atoms with Crippen LogP contribution in [0.5, 0.6) is 17.2 Å². The van der Waals surface area contributed by atoms with Gasteiger partial charge in [0.1, 0.15) is 17.2 Å². The van der Waals surface area contributed by atoms with Crippen molar-refractivity contribution < 1.29 is 14.2 Å². The highest BCUT2D eigenvalue weighted by atomic mass is 32.1. The number of hydrogen-bond donors (Lipinski definition) is 2. The zero-order valence-corrected chi connectivity index (χ0v) is 15.1. The Kier molecular flexibility index (Phi) is 6.26. The number of ether oxygens (including phenoxy) is 3. The second-order valence-electron chi connectivity index (χ2n) is 5.16. The van der Waals surface area contributed by atoms with E-state index in [4.69, 9.17) is 26.4 Å². The Morgan fingerprint density at radius 1 is 0.958 bits per heavy atom. The van der Waals surface area contributed by atoms with Crippen molar-refractivity contribution in [2.75, 3.05) is 26.6 Å². The summed E-state index contributed by atoms with van der Waals surface area (Å²) in [6.45, 7) is 2.04. The number of methoxy groups -OCH3 is 3. The van der Waals surface area contributed by atoms with Gasteiger partial charge in [0, 0.05) is 6.07 Å². The van der Waals surface area contributed by atoms with Crippen LogP contribution in [-0.2, 0) is 0 Å². The number of rotatable bonds is 6. The topological polar surface area (TPSA) is 51.8 Å². The van der Waals surface area contributed by atoms with Crippen LogP contribution in [-0.4, -0.2) is 26.4 Å². The highest BCUT2D eigenvalue weighted by Crippen LogP contribution is 2.29. The van der Waals surface area contributed by atoms with Gasteiger partial charge in [0.25, 0.3) is 0 Å². The van der Waals surface area contributed by atoms with E-state index in [-0.39, 0.29) is 6.04 Å². The first-order valence-corrected chi connectivity index (χ1v) is 7.91. The predicted molar refractivity (Wildman–Crippen MR) is 100 cm³/mol. The van der Waals surface area contributed by atoms with Crippen LogP contribution in [0.25, 0.3) is 0 Å². The fourth-order valence-electron chi connectivity index (χ4n) is 2.25. The normalized spacial score (nSPS) is 11.3. The van der Waals surface area contributed by atoms with Gasteiger partial charge in [0.05, 0.1) is 33.1 Å². The second-order valence-corrected chi connectivity index (χ2v) is 5.57. The number of hydrogen-bond acceptors (Lipinski definition) is 4. The maximum Gasteiger partial charge on any atom is 0.171 e. The molecule has 128 valence electrons. The molecule has 2 aromatic carbocycles.